The number of hydrogen-bond donors (Lipinski definition) is 2. The van der Waals surface area contributed by atoms with Gasteiger partial charge in [-0.05, 0) is 36.8 Å². The van der Waals surface area contributed by atoms with E-state index >= 15 is 0 Å². The molecule has 0 aromatic heterocycles. The van der Waals surface area contributed by atoms with Gasteiger partial charge in [0.2, 0.25) is 0 Å². The number of anilines is 1. The zero-order valence-electron chi connectivity index (χ0n) is 10.5. The molecule has 1 aliphatic heterocycles. The zero-order chi connectivity index (χ0) is 14.8. The number of carbonyl (C=O) groups is 1. The molecule has 1 fully saturated rings. The molecule has 20 heavy (non-hydrogen) atoms. The molecule has 2 N–H and O–H groups in total. The topological polar surface area (TPSA) is 49.3 Å². The number of benzene rings is 1. The predicted molar refractivity (Wildman–Crippen MR) is 72.4 cm³/mol. The zero-order valence-corrected chi connectivity index (χ0v) is 11.4. The molecule has 0 amide bonds. The number of hydrogen-bond acceptors (Lipinski definition) is 3. The summed E-state index contributed by atoms with van der Waals surface area (Å²) in [7, 11) is 0. The summed E-state index contributed by atoms with van der Waals surface area (Å²) in [5, 5.41) is 12.1. The summed E-state index contributed by atoms with van der Waals surface area (Å²) in [6.45, 7) is 0. The highest BCUT2D eigenvalue weighted by molar-refractivity contribution is 7.99. The number of alkyl halides is 3. The van der Waals surface area contributed by atoms with E-state index in [-0.39, 0.29) is 17.3 Å². The number of aromatic carboxylic acids is 1. The molecule has 1 saturated heterocycles. The van der Waals surface area contributed by atoms with Crippen LogP contribution in [-0.4, -0.2) is 28.6 Å². The summed E-state index contributed by atoms with van der Waals surface area (Å²) >= 11 is 1.75. The summed E-state index contributed by atoms with van der Waals surface area (Å²) in [4.78, 5) is 11.1. The molecule has 0 saturated carbocycles. The summed E-state index contributed by atoms with van der Waals surface area (Å²) < 4.78 is 37.8. The summed E-state index contributed by atoms with van der Waals surface area (Å²) in [6.07, 6.45) is -2.62. The number of carboxylic acids is 1. The molecule has 1 unspecified atom stereocenters. The summed E-state index contributed by atoms with van der Waals surface area (Å²) in [6, 6.07) is 2.89. The minimum absolute atomic E-state index is 0.101. The number of halogens is 3. The van der Waals surface area contributed by atoms with Crippen molar-refractivity contribution in [1.29, 1.82) is 0 Å². The van der Waals surface area contributed by atoms with E-state index in [2.05, 4.69) is 5.32 Å². The van der Waals surface area contributed by atoms with Gasteiger partial charge in [0.05, 0.1) is 11.1 Å². The van der Waals surface area contributed by atoms with Crippen molar-refractivity contribution in [3.8, 4) is 0 Å². The molecule has 1 aromatic carbocycles. The Morgan fingerprint density at radius 3 is 2.70 bits per heavy atom. The van der Waals surface area contributed by atoms with Gasteiger partial charge in [-0.15, -0.1) is 0 Å². The lowest BCUT2D eigenvalue weighted by Crippen LogP contribution is -2.26. The van der Waals surface area contributed by atoms with Crippen LogP contribution in [0.25, 0.3) is 0 Å². The number of nitrogens with one attached hydrogen (secondary N) is 1. The van der Waals surface area contributed by atoms with E-state index in [0.29, 0.717) is 6.07 Å². The maximum absolute atomic E-state index is 12.6. The second-order valence-electron chi connectivity index (χ2n) is 4.62. The molecule has 1 aliphatic rings. The van der Waals surface area contributed by atoms with Gasteiger partial charge in [0.1, 0.15) is 0 Å². The molecule has 2 rings (SSSR count). The highest BCUT2D eigenvalue weighted by atomic mass is 32.2. The van der Waals surface area contributed by atoms with Crippen LogP contribution in [0.15, 0.2) is 18.2 Å². The quantitative estimate of drug-likeness (QED) is 0.894. The van der Waals surface area contributed by atoms with Crippen LogP contribution in [-0.2, 0) is 6.18 Å². The Morgan fingerprint density at radius 1 is 1.40 bits per heavy atom. The molecule has 1 atom stereocenters. The molecule has 0 aliphatic carbocycles. The van der Waals surface area contributed by atoms with Crippen LogP contribution < -0.4 is 5.32 Å². The maximum Gasteiger partial charge on any atom is 0.416 e. The third-order valence-corrected chi connectivity index (χ3v) is 4.31. The lowest BCUT2D eigenvalue weighted by Gasteiger charge is -2.24. The lowest BCUT2D eigenvalue weighted by molar-refractivity contribution is -0.137. The largest absolute Gasteiger partial charge is 0.478 e. The Labute approximate surface area is 118 Å². The van der Waals surface area contributed by atoms with E-state index in [1.54, 1.807) is 11.8 Å². The van der Waals surface area contributed by atoms with Gasteiger partial charge in [0, 0.05) is 17.5 Å². The summed E-state index contributed by atoms with van der Waals surface area (Å²) in [5.41, 5.74) is -1.04. The molecule has 0 bridgehead atoms. The van der Waals surface area contributed by atoms with Crippen LogP contribution in [0.3, 0.4) is 0 Å². The third kappa shape index (κ3) is 3.59. The van der Waals surface area contributed by atoms with Gasteiger partial charge in [0.15, 0.2) is 0 Å². The van der Waals surface area contributed by atoms with Gasteiger partial charge in [-0.2, -0.15) is 24.9 Å². The Morgan fingerprint density at radius 2 is 2.15 bits per heavy atom. The molecule has 110 valence electrons. The van der Waals surface area contributed by atoms with Crippen molar-refractivity contribution in [1.82, 2.24) is 0 Å². The van der Waals surface area contributed by atoms with Crippen molar-refractivity contribution < 1.29 is 23.1 Å². The van der Waals surface area contributed by atoms with Crippen molar-refractivity contribution in [2.75, 3.05) is 16.8 Å². The predicted octanol–water partition coefficient (Wildman–Crippen LogP) is 3.71. The van der Waals surface area contributed by atoms with Gasteiger partial charge in [-0.3, -0.25) is 0 Å². The van der Waals surface area contributed by atoms with Gasteiger partial charge in [-0.1, -0.05) is 0 Å². The highest BCUT2D eigenvalue weighted by Crippen LogP contribution is 2.32. The molecule has 7 heteroatoms. The minimum atomic E-state index is -4.54. The molecular weight excluding hydrogens is 291 g/mol. The number of carboxylic acid groups (broad SMARTS) is 1. The average Bonchev–Trinajstić information content (AvgIpc) is 2.38. The van der Waals surface area contributed by atoms with Gasteiger partial charge in [0.25, 0.3) is 0 Å². The second-order valence-corrected chi connectivity index (χ2v) is 5.77. The molecular formula is C13H14F3NO2S. The molecule has 0 radical (unpaired) electrons. The smallest absolute Gasteiger partial charge is 0.416 e. The lowest BCUT2D eigenvalue weighted by atomic mass is 10.1. The Bertz CT molecular complexity index is 499. The first-order valence-corrected chi connectivity index (χ1v) is 7.32. The Hall–Kier alpha value is -1.37. The van der Waals surface area contributed by atoms with Crippen molar-refractivity contribution in [3.05, 3.63) is 29.3 Å². The van der Waals surface area contributed by atoms with E-state index in [0.717, 1.165) is 30.4 Å². The third-order valence-electron chi connectivity index (χ3n) is 3.10. The van der Waals surface area contributed by atoms with E-state index in [9.17, 15) is 18.0 Å². The van der Waals surface area contributed by atoms with Gasteiger partial charge in [-0.25, -0.2) is 4.79 Å². The van der Waals surface area contributed by atoms with E-state index in [1.807, 2.05) is 0 Å². The van der Waals surface area contributed by atoms with Crippen LogP contribution in [0.4, 0.5) is 18.9 Å². The summed E-state index contributed by atoms with van der Waals surface area (Å²) in [5.74, 6) is 0.541. The minimum Gasteiger partial charge on any atom is -0.478 e. The van der Waals surface area contributed by atoms with Gasteiger partial charge < -0.3 is 10.4 Å². The second kappa shape index (κ2) is 5.95. The Balaban J connectivity index is 2.25. The van der Waals surface area contributed by atoms with Crippen LogP contribution in [0, 0.1) is 0 Å². The standard InChI is InChI=1S/C13H14F3NO2S/c14-13(15,16)8-3-4-11(10(6-8)12(18)19)17-9-2-1-5-20-7-9/h3-4,6,9,17H,1-2,5,7H2,(H,18,19). The van der Waals surface area contributed by atoms with Crippen molar-refractivity contribution in [3.63, 3.8) is 0 Å². The fraction of sp³-hybridized carbons (Fsp3) is 0.462. The fourth-order valence-corrected chi connectivity index (χ4v) is 3.17. The molecule has 1 aromatic rings. The average molecular weight is 305 g/mol. The first kappa shape index (κ1) is 15.0. The normalized spacial score (nSPS) is 19.6. The Kier molecular flexibility index (Phi) is 4.47. The molecule has 1 heterocycles. The van der Waals surface area contributed by atoms with E-state index in [4.69, 9.17) is 5.11 Å². The van der Waals surface area contributed by atoms with Crippen molar-refractivity contribution >= 4 is 23.4 Å². The van der Waals surface area contributed by atoms with Gasteiger partial charge >= 0.3 is 12.1 Å². The van der Waals surface area contributed by atoms with Crippen molar-refractivity contribution in [2.45, 2.75) is 25.1 Å². The van der Waals surface area contributed by atoms with Crippen LogP contribution >= 0.6 is 11.8 Å². The van der Waals surface area contributed by atoms with Crippen LogP contribution in [0.5, 0.6) is 0 Å². The van der Waals surface area contributed by atoms with Crippen LogP contribution in [0.1, 0.15) is 28.8 Å². The number of rotatable bonds is 3. The van der Waals surface area contributed by atoms with Crippen molar-refractivity contribution in [2.24, 2.45) is 0 Å². The number of thioether (sulfide) groups is 1. The monoisotopic (exact) mass is 305 g/mol. The first-order chi connectivity index (χ1) is 9.38. The first-order valence-electron chi connectivity index (χ1n) is 6.17. The molecule has 3 nitrogen and oxygen atoms in total. The fourth-order valence-electron chi connectivity index (χ4n) is 2.10. The van der Waals surface area contributed by atoms with E-state index < -0.39 is 17.7 Å². The van der Waals surface area contributed by atoms with Crippen LogP contribution in [0.2, 0.25) is 0 Å². The SMILES string of the molecule is O=C(O)c1cc(C(F)(F)F)ccc1NC1CCCSC1. The van der Waals surface area contributed by atoms with E-state index in [1.165, 1.54) is 6.07 Å². The molecule has 0 spiro atoms. The highest BCUT2D eigenvalue weighted by Gasteiger charge is 2.32. The maximum atomic E-state index is 12.6.